The molecule has 3 nitrogen and oxygen atoms in total. The fourth-order valence-electron chi connectivity index (χ4n) is 2.07. The Bertz CT molecular complexity index is 576. The molecule has 0 bridgehead atoms. The first kappa shape index (κ1) is 14.4. The number of aryl methyl sites for hydroxylation is 1. The summed E-state index contributed by atoms with van der Waals surface area (Å²) < 4.78 is 11.0. The summed E-state index contributed by atoms with van der Waals surface area (Å²) in [4.78, 5) is 0. The summed E-state index contributed by atoms with van der Waals surface area (Å²) in [5.41, 5.74) is 3.07. The SMILES string of the molecule is COc1ccc([C@H](C)O)c(OCc2cccc(C)c2)c1. The first-order valence-electron chi connectivity index (χ1n) is 6.64. The molecule has 20 heavy (non-hydrogen) atoms. The molecule has 2 aromatic carbocycles. The van der Waals surface area contributed by atoms with E-state index in [1.165, 1.54) is 5.56 Å². The molecule has 0 aliphatic rings. The number of methoxy groups -OCH3 is 1. The average Bonchev–Trinajstić information content (AvgIpc) is 2.44. The summed E-state index contributed by atoms with van der Waals surface area (Å²) in [5.74, 6) is 1.37. The fraction of sp³-hybridized carbons (Fsp3) is 0.294. The molecule has 0 spiro atoms. The van der Waals surface area contributed by atoms with E-state index in [0.29, 0.717) is 18.1 Å². The smallest absolute Gasteiger partial charge is 0.129 e. The predicted molar refractivity (Wildman–Crippen MR) is 79.1 cm³/mol. The van der Waals surface area contributed by atoms with Crippen molar-refractivity contribution in [2.45, 2.75) is 26.6 Å². The molecule has 0 saturated carbocycles. The number of hydrogen-bond donors (Lipinski definition) is 1. The lowest BCUT2D eigenvalue weighted by molar-refractivity contribution is 0.190. The third-order valence-corrected chi connectivity index (χ3v) is 3.15. The van der Waals surface area contributed by atoms with Gasteiger partial charge < -0.3 is 14.6 Å². The normalized spacial score (nSPS) is 12.0. The molecule has 0 radical (unpaired) electrons. The van der Waals surface area contributed by atoms with Crippen LogP contribution in [-0.4, -0.2) is 12.2 Å². The van der Waals surface area contributed by atoms with Crippen molar-refractivity contribution in [1.29, 1.82) is 0 Å². The predicted octanol–water partition coefficient (Wildman–Crippen LogP) is 3.64. The van der Waals surface area contributed by atoms with Crippen LogP contribution in [0.3, 0.4) is 0 Å². The molecule has 1 N–H and O–H groups in total. The van der Waals surface area contributed by atoms with Crippen LogP contribution in [0.4, 0.5) is 0 Å². The van der Waals surface area contributed by atoms with Gasteiger partial charge in [-0.1, -0.05) is 29.8 Å². The minimum absolute atomic E-state index is 0.467. The second-order valence-corrected chi connectivity index (χ2v) is 4.86. The van der Waals surface area contributed by atoms with E-state index in [0.717, 1.165) is 11.1 Å². The van der Waals surface area contributed by atoms with Gasteiger partial charge in [-0.05, 0) is 31.5 Å². The Kier molecular flexibility index (Phi) is 4.64. The summed E-state index contributed by atoms with van der Waals surface area (Å²) in [7, 11) is 1.61. The Morgan fingerprint density at radius 1 is 1.15 bits per heavy atom. The summed E-state index contributed by atoms with van der Waals surface area (Å²) in [6.45, 7) is 4.24. The molecule has 0 amide bonds. The van der Waals surface area contributed by atoms with Gasteiger partial charge in [-0.2, -0.15) is 0 Å². The minimum Gasteiger partial charge on any atom is -0.497 e. The van der Waals surface area contributed by atoms with Crippen LogP contribution in [0, 0.1) is 6.92 Å². The Labute approximate surface area is 119 Å². The maximum absolute atomic E-state index is 9.79. The fourth-order valence-corrected chi connectivity index (χ4v) is 2.07. The lowest BCUT2D eigenvalue weighted by Gasteiger charge is -2.15. The van der Waals surface area contributed by atoms with Crippen LogP contribution in [-0.2, 0) is 6.61 Å². The molecule has 0 fully saturated rings. The van der Waals surface area contributed by atoms with Gasteiger partial charge in [0.2, 0.25) is 0 Å². The second kappa shape index (κ2) is 6.44. The van der Waals surface area contributed by atoms with Gasteiger partial charge in [-0.25, -0.2) is 0 Å². The van der Waals surface area contributed by atoms with Crippen LogP contribution < -0.4 is 9.47 Å². The maximum Gasteiger partial charge on any atom is 0.129 e. The average molecular weight is 272 g/mol. The largest absolute Gasteiger partial charge is 0.497 e. The van der Waals surface area contributed by atoms with Gasteiger partial charge in [-0.15, -0.1) is 0 Å². The highest BCUT2D eigenvalue weighted by Crippen LogP contribution is 2.30. The number of aliphatic hydroxyl groups excluding tert-OH is 1. The van der Waals surface area contributed by atoms with Gasteiger partial charge in [0.1, 0.15) is 18.1 Å². The molecule has 2 aromatic rings. The van der Waals surface area contributed by atoms with E-state index in [4.69, 9.17) is 9.47 Å². The Hall–Kier alpha value is -2.00. The van der Waals surface area contributed by atoms with Gasteiger partial charge in [-0.3, -0.25) is 0 Å². The lowest BCUT2D eigenvalue weighted by atomic mass is 10.1. The van der Waals surface area contributed by atoms with Gasteiger partial charge in [0.15, 0.2) is 0 Å². The zero-order valence-corrected chi connectivity index (χ0v) is 12.1. The molecule has 1 atom stereocenters. The first-order chi connectivity index (χ1) is 9.60. The van der Waals surface area contributed by atoms with Crippen molar-refractivity contribution in [2.24, 2.45) is 0 Å². The number of rotatable bonds is 5. The van der Waals surface area contributed by atoms with E-state index in [-0.39, 0.29) is 0 Å². The highest BCUT2D eigenvalue weighted by atomic mass is 16.5. The lowest BCUT2D eigenvalue weighted by Crippen LogP contribution is -2.01. The van der Waals surface area contributed by atoms with Crippen molar-refractivity contribution in [2.75, 3.05) is 7.11 Å². The quantitative estimate of drug-likeness (QED) is 0.903. The van der Waals surface area contributed by atoms with Gasteiger partial charge in [0, 0.05) is 11.6 Å². The standard InChI is InChI=1S/C17H20O3/c1-12-5-4-6-14(9-12)11-20-17-10-15(19-3)7-8-16(17)13(2)18/h4-10,13,18H,11H2,1-3H3/t13-/m0/s1. The van der Waals surface area contributed by atoms with E-state index in [2.05, 4.69) is 19.1 Å². The molecule has 0 unspecified atom stereocenters. The van der Waals surface area contributed by atoms with Crippen LogP contribution >= 0.6 is 0 Å². The van der Waals surface area contributed by atoms with Crippen molar-refractivity contribution in [3.63, 3.8) is 0 Å². The zero-order chi connectivity index (χ0) is 14.5. The van der Waals surface area contributed by atoms with Crippen LogP contribution in [0.5, 0.6) is 11.5 Å². The number of ether oxygens (including phenoxy) is 2. The van der Waals surface area contributed by atoms with Crippen molar-refractivity contribution in [3.8, 4) is 11.5 Å². The van der Waals surface area contributed by atoms with Crippen LogP contribution in [0.2, 0.25) is 0 Å². The number of benzene rings is 2. The molecule has 0 aromatic heterocycles. The van der Waals surface area contributed by atoms with Gasteiger partial charge in [0.05, 0.1) is 13.2 Å². The third kappa shape index (κ3) is 3.52. The monoisotopic (exact) mass is 272 g/mol. The molecule has 0 heterocycles. The highest BCUT2D eigenvalue weighted by Gasteiger charge is 2.11. The first-order valence-corrected chi connectivity index (χ1v) is 6.64. The topological polar surface area (TPSA) is 38.7 Å². The Balaban J connectivity index is 2.19. The van der Waals surface area contributed by atoms with E-state index < -0.39 is 6.10 Å². The molecule has 0 aliphatic carbocycles. The molecule has 3 heteroatoms. The van der Waals surface area contributed by atoms with E-state index in [1.54, 1.807) is 20.1 Å². The summed E-state index contributed by atoms with van der Waals surface area (Å²) in [6, 6.07) is 13.6. The van der Waals surface area contributed by atoms with E-state index in [1.807, 2.05) is 24.3 Å². The summed E-state index contributed by atoms with van der Waals surface area (Å²) in [6.07, 6.45) is -0.576. The number of aliphatic hydroxyl groups is 1. The van der Waals surface area contributed by atoms with Gasteiger partial charge in [0.25, 0.3) is 0 Å². The number of hydrogen-bond acceptors (Lipinski definition) is 3. The minimum atomic E-state index is -0.576. The van der Waals surface area contributed by atoms with Crippen molar-refractivity contribution >= 4 is 0 Å². The molecule has 2 rings (SSSR count). The third-order valence-electron chi connectivity index (χ3n) is 3.15. The van der Waals surface area contributed by atoms with Crippen LogP contribution in [0.1, 0.15) is 29.7 Å². The van der Waals surface area contributed by atoms with Gasteiger partial charge >= 0.3 is 0 Å². The second-order valence-electron chi connectivity index (χ2n) is 4.86. The van der Waals surface area contributed by atoms with Crippen LogP contribution in [0.25, 0.3) is 0 Å². The molecule has 0 aliphatic heterocycles. The van der Waals surface area contributed by atoms with Crippen molar-refractivity contribution in [1.82, 2.24) is 0 Å². The Morgan fingerprint density at radius 3 is 2.60 bits per heavy atom. The zero-order valence-electron chi connectivity index (χ0n) is 12.1. The van der Waals surface area contributed by atoms with Crippen molar-refractivity contribution < 1.29 is 14.6 Å². The Morgan fingerprint density at radius 2 is 1.95 bits per heavy atom. The summed E-state index contributed by atoms with van der Waals surface area (Å²) >= 11 is 0. The highest BCUT2D eigenvalue weighted by molar-refractivity contribution is 5.42. The molecular formula is C17H20O3. The molecular weight excluding hydrogens is 252 g/mol. The van der Waals surface area contributed by atoms with Crippen molar-refractivity contribution in [3.05, 3.63) is 59.2 Å². The van der Waals surface area contributed by atoms with E-state index >= 15 is 0 Å². The maximum atomic E-state index is 9.79. The summed E-state index contributed by atoms with van der Waals surface area (Å²) in [5, 5.41) is 9.79. The van der Waals surface area contributed by atoms with E-state index in [9.17, 15) is 5.11 Å². The van der Waals surface area contributed by atoms with Crippen LogP contribution in [0.15, 0.2) is 42.5 Å². The molecule has 0 saturated heterocycles. The molecule has 106 valence electrons.